The molecule has 7 N–H and O–H groups in total. The smallest absolute Gasteiger partial charge is 0.120 e. The van der Waals surface area contributed by atoms with Crippen molar-refractivity contribution in [2.45, 2.75) is 120 Å². The fraction of sp³-hybridized carbons (Fsp3) is 1.00. The van der Waals surface area contributed by atoms with Gasteiger partial charge >= 0.3 is 0 Å². The van der Waals surface area contributed by atoms with E-state index in [9.17, 15) is 35.7 Å². The maximum absolute atomic E-state index is 11.9. The van der Waals surface area contributed by atoms with Gasteiger partial charge in [0.2, 0.25) is 0 Å². The predicted octanol–water partition coefficient (Wildman–Crippen LogP) is 1.62. The highest BCUT2D eigenvalue weighted by atomic mass is 16.4. The second-order valence-corrected chi connectivity index (χ2v) is 15.3. The van der Waals surface area contributed by atoms with Gasteiger partial charge in [0.15, 0.2) is 0 Å². The molecule has 5 saturated carbocycles. The van der Waals surface area contributed by atoms with Crippen molar-refractivity contribution in [1.29, 1.82) is 0 Å². The summed E-state index contributed by atoms with van der Waals surface area (Å²) in [5.41, 5.74) is -1.77. The molecule has 5 aliphatic rings. The van der Waals surface area contributed by atoms with Gasteiger partial charge < -0.3 is 40.6 Å². The van der Waals surface area contributed by atoms with Crippen molar-refractivity contribution in [2.75, 3.05) is 20.6 Å². The first kappa shape index (κ1) is 31.1. The molecule has 8 heteroatoms. The molecule has 0 amide bonds. The Bertz CT molecular complexity index is 849. The minimum atomic E-state index is -1.77. The average Bonchev–Trinajstić information content (AvgIpc) is 2.86. The Hall–Kier alpha value is -0.320. The fourth-order valence-electron chi connectivity index (χ4n) is 11.0. The molecule has 0 spiro atoms. The summed E-state index contributed by atoms with van der Waals surface area (Å²) in [5.74, 6) is 0.0248. The zero-order chi connectivity index (χ0) is 29.1. The van der Waals surface area contributed by atoms with E-state index in [4.69, 9.17) is 0 Å². The lowest BCUT2D eigenvalue weighted by molar-refractivity contribution is -0.290. The predicted molar refractivity (Wildman–Crippen MR) is 152 cm³/mol. The standard InChI is InChI=1S/C32H57NO7/c1-16-11-21-13-20-14-24-23(19-7-5-18(6-8-19)12-22(35)15-33(3)4)9-10-25(36)28(24)29(37)27(20)31(39)32(21,40)30(38)26(16)17(2)34/h16-31,34-40H,5-15H2,1-4H3/t16?,17?,18?,19?,20-,21-,22?,23?,24?,25?,26?,27?,28?,29?,30?,31?,32-/m1/s1. The molecular formula is C32H57NO7. The van der Waals surface area contributed by atoms with Crippen molar-refractivity contribution in [3.8, 4) is 0 Å². The first-order valence-corrected chi connectivity index (χ1v) is 16.3. The molecule has 0 bridgehead atoms. The van der Waals surface area contributed by atoms with Gasteiger partial charge in [0.05, 0.1) is 36.6 Å². The van der Waals surface area contributed by atoms with E-state index in [0.717, 1.165) is 44.9 Å². The van der Waals surface area contributed by atoms with E-state index in [0.29, 0.717) is 43.6 Å². The largest absolute Gasteiger partial charge is 0.393 e. The van der Waals surface area contributed by atoms with Crippen LogP contribution in [0.5, 0.6) is 0 Å². The average molecular weight is 568 g/mol. The highest BCUT2D eigenvalue weighted by Gasteiger charge is 2.66. The second kappa shape index (κ2) is 12.0. The molecule has 5 rings (SSSR count). The summed E-state index contributed by atoms with van der Waals surface area (Å²) in [6.07, 6.45) is 3.84. The van der Waals surface area contributed by atoms with Crippen LogP contribution in [0, 0.1) is 59.2 Å². The molecule has 5 fully saturated rings. The molecule has 12 unspecified atom stereocenters. The van der Waals surface area contributed by atoms with Gasteiger partial charge in [-0.1, -0.05) is 19.8 Å². The second-order valence-electron chi connectivity index (χ2n) is 15.3. The maximum atomic E-state index is 11.9. The molecule has 0 saturated heterocycles. The van der Waals surface area contributed by atoms with Gasteiger partial charge in [-0.2, -0.15) is 0 Å². The van der Waals surface area contributed by atoms with E-state index in [2.05, 4.69) is 0 Å². The van der Waals surface area contributed by atoms with E-state index in [1.54, 1.807) is 6.92 Å². The number of aliphatic hydroxyl groups is 7. The number of fused-ring (bicyclic) bond motifs is 3. The Labute approximate surface area is 240 Å². The minimum absolute atomic E-state index is 0.0148. The van der Waals surface area contributed by atoms with Gasteiger partial charge in [0, 0.05) is 24.3 Å². The topological polar surface area (TPSA) is 145 Å². The van der Waals surface area contributed by atoms with Crippen molar-refractivity contribution in [1.82, 2.24) is 4.90 Å². The van der Waals surface area contributed by atoms with Gasteiger partial charge in [-0.15, -0.1) is 0 Å². The molecule has 0 aromatic heterocycles. The lowest BCUT2D eigenvalue weighted by Gasteiger charge is -2.63. The molecule has 0 aromatic rings. The van der Waals surface area contributed by atoms with E-state index >= 15 is 0 Å². The van der Waals surface area contributed by atoms with Crippen LogP contribution in [0.25, 0.3) is 0 Å². The first-order chi connectivity index (χ1) is 18.8. The van der Waals surface area contributed by atoms with Gasteiger partial charge in [-0.05, 0) is 114 Å². The molecule has 15 atom stereocenters. The van der Waals surface area contributed by atoms with E-state index in [-0.39, 0.29) is 35.7 Å². The number of hydrogen-bond acceptors (Lipinski definition) is 8. The number of rotatable bonds is 6. The van der Waals surface area contributed by atoms with Gasteiger partial charge in [0.1, 0.15) is 5.60 Å². The molecule has 0 heterocycles. The van der Waals surface area contributed by atoms with Crippen LogP contribution in [0.1, 0.15) is 78.1 Å². The third kappa shape index (κ3) is 5.42. The lowest BCUT2D eigenvalue weighted by Crippen LogP contribution is -2.72. The van der Waals surface area contributed by atoms with Crippen LogP contribution in [-0.4, -0.2) is 104 Å². The van der Waals surface area contributed by atoms with Crippen molar-refractivity contribution in [3.63, 3.8) is 0 Å². The van der Waals surface area contributed by atoms with Crippen molar-refractivity contribution in [2.24, 2.45) is 59.2 Å². The van der Waals surface area contributed by atoms with Crippen molar-refractivity contribution >= 4 is 0 Å². The third-order valence-corrected chi connectivity index (χ3v) is 12.7. The number of nitrogens with zero attached hydrogens (tertiary/aromatic N) is 1. The van der Waals surface area contributed by atoms with Crippen LogP contribution in [0.15, 0.2) is 0 Å². The van der Waals surface area contributed by atoms with E-state index in [1.165, 1.54) is 0 Å². The van der Waals surface area contributed by atoms with Crippen molar-refractivity contribution < 1.29 is 35.7 Å². The highest BCUT2D eigenvalue weighted by molar-refractivity contribution is 5.16. The summed E-state index contributed by atoms with van der Waals surface area (Å²) in [6, 6.07) is 0. The van der Waals surface area contributed by atoms with Crippen LogP contribution in [0.3, 0.4) is 0 Å². The molecular weight excluding hydrogens is 510 g/mol. The Morgan fingerprint density at radius 3 is 2.10 bits per heavy atom. The van der Waals surface area contributed by atoms with Crippen LogP contribution >= 0.6 is 0 Å². The Morgan fingerprint density at radius 1 is 0.800 bits per heavy atom. The first-order valence-electron chi connectivity index (χ1n) is 16.3. The molecule has 0 aliphatic heterocycles. The summed E-state index contributed by atoms with van der Waals surface area (Å²) in [7, 11) is 3.98. The van der Waals surface area contributed by atoms with Crippen LogP contribution < -0.4 is 0 Å². The summed E-state index contributed by atoms with van der Waals surface area (Å²) in [6.45, 7) is 4.33. The van der Waals surface area contributed by atoms with Gasteiger partial charge in [-0.3, -0.25) is 0 Å². The van der Waals surface area contributed by atoms with Gasteiger partial charge in [-0.25, -0.2) is 0 Å². The zero-order valence-electron chi connectivity index (χ0n) is 25.1. The minimum Gasteiger partial charge on any atom is -0.393 e. The maximum Gasteiger partial charge on any atom is 0.120 e. The highest BCUT2D eigenvalue weighted by Crippen LogP contribution is 2.60. The summed E-state index contributed by atoms with van der Waals surface area (Å²) < 4.78 is 0. The molecule has 40 heavy (non-hydrogen) atoms. The molecule has 8 nitrogen and oxygen atoms in total. The molecule has 5 aliphatic carbocycles. The normalized spacial score (nSPS) is 52.8. The van der Waals surface area contributed by atoms with Gasteiger partial charge in [0.25, 0.3) is 0 Å². The number of hydrogen-bond donors (Lipinski definition) is 7. The Morgan fingerprint density at radius 2 is 1.48 bits per heavy atom. The number of likely N-dealkylation sites (N-methyl/N-ethyl adjacent to an activating group) is 1. The third-order valence-electron chi connectivity index (χ3n) is 12.7. The quantitative estimate of drug-likeness (QED) is 0.256. The Kier molecular flexibility index (Phi) is 9.33. The molecule has 0 aromatic carbocycles. The van der Waals surface area contributed by atoms with Crippen LogP contribution in [0.2, 0.25) is 0 Å². The SMILES string of the molecule is CC(O)C1C(C)C[C@@H]2C[C@@H]3CC4C(C5CCC(CC(O)CN(C)C)CC5)CCC(O)C4C(O)C3C(O)[C@]2(O)C1O. The molecule has 0 radical (unpaired) electrons. The lowest BCUT2D eigenvalue weighted by atomic mass is 9.46. The van der Waals surface area contributed by atoms with Crippen LogP contribution in [-0.2, 0) is 0 Å². The zero-order valence-corrected chi connectivity index (χ0v) is 25.1. The summed E-state index contributed by atoms with van der Waals surface area (Å²) in [4.78, 5) is 2.04. The van der Waals surface area contributed by atoms with E-state index in [1.807, 2.05) is 25.9 Å². The van der Waals surface area contributed by atoms with Crippen LogP contribution in [0.4, 0.5) is 0 Å². The summed E-state index contributed by atoms with van der Waals surface area (Å²) in [5, 5.41) is 78.6. The Balaban J connectivity index is 1.31. The number of aliphatic hydroxyl groups excluding tert-OH is 6. The monoisotopic (exact) mass is 567 g/mol. The van der Waals surface area contributed by atoms with E-state index < -0.39 is 48.0 Å². The van der Waals surface area contributed by atoms with Crippen molar-refractivity contribution in [3.05, 3.63) is 0 Å². The fourth-order valence-corrected chi connectivity index (χ4v) is 11.0. The molecule has 232 valence electrons. The summed E-state index contributed by atoms with van der Waals surface area (Å²) >= 11 is 0.